The average molecular weight is 373 g/mol. The third-order valence-corrected chi connectivity index (χ3v) is 5.79. The Labute approximate surface area is 143 Å². The van der Waals surface area contributed by atoms with Crippen molar-refractivity contribution in [3.05, 3.63) is 35.4 Å². The first-order valence-corrected chi connectivity index (χ1v) is 9.43. The molecule has 1 saturated carbocycles. The van der Waals surface area contributed by atoms with Gasteiger partial charge in [-0.2, -0.15) is 17.2 Å². The Kier molecular flexibility index (Phi) is 4.63. The van der Waals surface area contributed by atoms with Crippen molar-refractivity contribution in [2.75, 3.05) is 0 Å². The van der Waals surface area contributed by atoms with E-state index in [-0.39, 0.29) is 16.2 Å². The molecule has 6 nitrogen and oxygen atoms in total. The van der Waals surface area contributed by atoms with E-state index in [1.165, 1.54) is 24.3 Å². The highest BCUT2D eigenvalue weighted by atomic mass is 32.2. The lowest BCUT2D eigenvalue weighted by molar-refractivity contribution is -0.0292. The van der Waals surface area contributed by atoms with Crippen LogP contribution in [-0.4, -0.2) is 30.5 Å². The minimum Gasteiger partial charge on any atom is -0.266 e. The van der Waals surface area contributed by atoms with Gasteiger partial charge < -0.3 is 0 Å². The predicted molar refractivity (Wildman–Crippen MR) is 83.1 cm³/mol. The van der Waals surface area contributed by atoms with Gasteiger partial charge in [-0.3, -0.25) is 9.59 Å². The topological polar surface area (TPSA) is 80.8 Å². The van der Waals surface area contributed by atoms with E-state index in [4.69, 9.17) is 0 Å². The van der Waals surface area contributed by atoms with E-state index in [0.29, 0.717) is 12.8 Å². The van der Waals surface area contributed by atoms with Gasteiger partial charge in [0.2, 0.25) is 0 Å². The molecule has 136 valence electrons. The van der Waals surface area contributed by atoms with Crippen molar-refractivity contribution in [3.63, 3.8) is 0 Å². The third-order valence-electron chi connectivity index (χ3n) is 4.55. The number of fused-ring (bicyclic) bond motifs is 1. The van der Waals surface area contributed by atoms with Gasteiger partial charge in [-0.15, -0.1) is 9.35 Å². The number of amides is 2. The molecule has 1 aliphatic carbocycles. The summed E-state index contributed by atoms with van der Waals surface area (Å²) >= 11 is 0. The minimum atomic E-state index is -5.48. The smallest absolute Gasteiger partial charge is 0.266 e. The van der Waals surface area contributed by atoms with Crippen molar-refractivity contribution < 1.29 is 31.1 Å². The molecule has 0 N–H and O–H groups in total. The van der Waals surface area contributed by atoms with Gasteiger partial charge in [-0.1, -0.05) is 44.2 Å². The molecule has 1 aromatic rings. The van der Waals surface area contributed by atoms with Gasteiger partial charge in [0.05, 0.1) is 11.1 Å². The van der Waals surface area contributed by atoms with Crippen molar-refractivity contribution in [1.29, 1.82) is 0 Å². The monoisotopic (exact) mass is 373 g/mol. The van der Waals surface area contributed by atoms with E-state index in [0.717, 1.165) is 19.3 Å². The van der Waals surface area contributed by atoms with Crippen molar-refractivity contribution in [1.82, 2.24) is 5.06 Å². The standard InChI is InChI=1S/C16H17F2NO5S/c17-16(18,10-11-6-2-1-3-7-11)25(22,23)24-19-14(20)12-8-4-5-9-13(12)15(19)21/h4-5,8-9,11H,1-3,6-7,10H2. The van der Waals surface area contributed by atoms with Gasteiger partial charge in [0.1, 0.15) is 0 Å². The van der Waals surface area contributed by atoms with E-state index in [9.17, 15) is 26.8 Å². The highest BCUT2D eigenvalue weighted by Crippen LogP contribution is 2.38. The van der Waals surface area contributed by atoms with Crippen molar-refractivity contribution in [2.24, 2.45) is 5.92 Å². The number of hydrogen-bond acceptors (Lipinski definition) is 5. The number of hydrogen-bond donors (Lipinski definition) is 0. The molecule has 0 atom stereocenters. The Morgan fingerprint density at radius 3 is 2.08 bits per heavy atom. The number of nitrogens with zero attached hydrogens (tertiary/aromatic N) is 1. The van der Waals surface area contributed by atoms with Gasteiger partial charge in [0, 0.05) is 6.42 Å². The number of halogens is 2. The van der Waals surface area contributed by atoms with Gasteiger partial charge in [0.25, 0.3) is 11.8 Å². The fraction of sp³-hybridized carbons (Fsp3) is 0.500. The molecule has 0 unspecified atom stereocenters. The van der Waals surface area contributed by atoms with Crippen LogP contribution in [0.5, 0.6) is 0 Å². The van der Waals surface area contributed by atoms with Crippen molar-refractivity contribution in [3.8, 4) is 0 Å². The first-order chi connectivity index (χ1) is 11.7. The molecule has 3 rings (SSSR count). The summed E-state index contributed by atoms with van der Waals surface area (Å²) in [6.07, 6.45) is 2.68. The fourth-order valence-electron chi connectivity index (χ4n) is 3.22. The van der Waals surface area contributed by atoms with E-state index >= 15 is 0 Å². The summed E-state index contributed by atoms with van der Waals surface area (Å²) < 4.78 is 56.8. The molecular weight excluding hydrogens is 356 g/mol. The fourth-order valence-corrected chi connectivity index (χ4v) is 4.10. The number of imide groups is 1. The van der Waals surface area contributed by atoms with E-state index < -0.39 is 39.5 Å². The molecule has 2 amide bonds. The van der Waals surface area contributed by atoms with Crippen LogP contribution in [-0.2, 0) is 14.4 Å². The summed E-state index contributed by atoms with van der Waals surface area (Å²) in [4.78, 5) is 24.1. The van der Waals surface area contributed by atoms with Crippen molar-refractivity contribution in [2.45, 2.75) is 43.8 Å². The number of alkyl halides is 2. The summed E-state index contributed by atoms with van der Waals surface area (Å²) in [7, 11) is -5.48. The van der Waals surface area contributed by atoms with Crippen LogP contribution < -0.4 is 0 Å². The molecule has 0 aromatic heterocycles. The zero-order chi connectivity index (χ0) is 18.2. The second-order valence-electron chi connectivity index (χ2n) is 6.32. The van der Waals surface area contributed by atoms with E-state index in [1.54, 1.807) is 0 Å². The van der Waals surface area contributed by atoms with Crippen LogP contribution in [0.4, 0.5) is 8.78 Å². The molecular formula is C16H17F2NO5S. The Hall–Kier alpha value is -1.87. The predicted octanol–water partition coefficient (Wildman–Crippen LogP) is 3.11. The number of rotatable bonds is 5. The number of hydroxylamine groups is 2. The first kappa shape index (κ1) is 17.9. The molecule has 0 bridgehead atoms. The number of benzene rings is 1. The second-order valence-corrected chi connectivity index (χ2v) is 7.98. The Morgan fingerprint density at radius 2 is 1.56 bits per heavy atom. The normalized spacial score (nSPS) is 19.4. The Bertz CT molecular complexity index is 767. The maximum Gasteiger partial charge on any atom is 0.372 e. The molecule has 1 fully saturated rings. The summed E-state index contributed by atoms with van der Waals surface area (Å²) in [5.74, 6) is -2.57. The van der Waals surface area contributed by atoms with Gasteiger partial charge >= 0.3 is 15.4 Å². The number of carbonyl (C=O) groups excluding carboxylic acids is 2. The van der Waals surface area contributed by atoms with Crippen LogP contribution in [0.2, 0.25) is 0 Å². The molecule has 0 saturated heterocycles. The quantitative estimate of drug-likeness (QED) is 0.741. The summed E-state index contributed by atoms with van der Waals surface area (Å²) in [6, 6.07) is 5.54. The zero-order valence-corrected chi connectivity index (χ0v) is 14.1. The molecule has 1 aromatic carbocycles. The van der Waals surface area contributed by atoms with Crippen LogP contribution in [0.25, 0.3) is 0 Å². The van der Waals surface area contributed by atoms with Crippen LogP contribution in [0.3, 0.4) is 0 Å². The zero-order valence-electron chi connectivity index (χ0n) is 13.3. The average Bonchev–Trinajstić information content (AvgIpc) is 2.80. The van der Waals surface area contributed by atoms with Crippen LogP contribution >= 0.6 is 0 Å². The highest BCUT2D eigenvalue weighted by molar-refractivity contribution is 7.87. The SMILES string of the molecule is O=C1c2ccccc2C(=O)N1OS(=O)(=O)C(F)(F)CC1CCCCC1. The Balaban J connectivity index is 1.77. The van der Waals surface area contributed by atoms with Gasteiger partial charge in [-0.05, 0) is 18.1 Å². The Morgan fingerprint density at radius 1 is 1.04 bits per heavy atom. The largest absolute Gasteiger partial charge is 0.372 e. The molecule has 1 heterocycles. The molecule has 9 heteroatoms. The highest BCUT2D eigenvalue weighted by Gasteiger charge is 2.52. The van der Waals surface area contributed by atoms with Crippen LogP contribution in [0.15, 0.2) is 24.3 Å². The summed E-state index contributed by atoms with van der Waals surface area (Å²) in [5.41, 5.74) is -0.170. The maximum absolute atomic E-state index is 14.3. The lowest BCUT2D eigenvalue weighted by Gasteiger charge is -2.26. The summed E-state index contributed by atoms with van der Waals surface area (Å²) in [6.45, 7) is 0. The van der Waals surface area contributed by atoms with Crippen LogP contribution in [0, 0.1) is 5.92 Å². The molecule has 1 aliphatic heterocycles. The molecule has 0 radical (unpaired) electrons. The molecule has 0 spiro atoms. The summed E-state index contributed by atoms with van der Waals surface area (Å²) in [5, 5.41) is -4.28. The molecule has 2 aliphatic rings. The van der Waals surface area contributed by atoms with E-state index in [1.807, 2.05) is 0 Å². The van der Waals surface area contributed by atoms with Crippen molar-refractivity contribution >= 4 is 21.9 Å². The lowest BCUT2D eigenvalue weighted by Crippen LogP contribution is -2.41. The van der Waals surface area contributed by atoms with Gasteiger partial charge in [-0.25, -0.2) is 0 Å². The maximum atomic E-state index is 14.3. The van der Waals surface area contributed by atoms with Gasteiger partial charge in [0.15, 0.2) is 0 Å². The first-order valence-electron chi connectivity index (χ1n) is 8.03. The molecule has 25 heavy (non-hydrogen) atoms. The minimum absolute atomic E-state index is 0.0849. The third kappa shape index (κ3) is 3.30. The number of carbonyl (C=O) groups is 2. The second kappa shape index (κ2) is 6.45. The van der Waals surface area contributed by atoms with Crippen LogP contribution in [0.1, 0.15) is 59.2 Å². The van der Waals surface area contributed by atoms with E-state index in [2.05, 4.69) is 4.28 Å². The lowest BCUT2D eigenvalue weighted by atomic mass is 9.87.